The van der Waals surface area contributed by atoms with Crippen molar-refractivity contribution in [3.8, 4) is 6.07 Å². The van der Waals surface area contributed by atoms with Gasteiger partial charge in [0.15, 0.2) is 0 Å². The highest BCUT2D eigenvalue weighted by atomic mass is 35.5. The Bertz CT molecular complexity index is 292. The number of rotatable bonds is 6. The van der Waals surface area contributed by atoms with E-state index in [2.05, 4.69) is 18.3 Å². The normalized spacial score (nSPS) is 21.1. The summed E-state index contributed by atoms with van der Waals surface area (Å²) in [5.41, 5.74) is 0. The first-order chi connectivity index (χ1) is 6.76. The Balaban J connectivity index is 4.47. The highest BCUT2D eigenvalue weighted by Gasteiger charge is 2.30. The van der Waals surface area contributed by atoms with Crippen LogP contribution in [0.2, 0.25) is 0 Å². The summed E-state index contributed by atoms with van der Waals surface area (Å²) < 4.78 is 10.2. The first-order valence-electron chi connectivity index (χ1n) is 4.15. The molecule has 3 nitrogen and oxygen atoms in total. The highest BCUT2D eigenvalue weighted by Crippen LogP contribution is 2.63. The molecule has 15 heavy (non-hydrogen) atoms. The van der Waals surface area contributed by atoms with Crippen LogP contribution in [0.25, 0.3) is 0 Å². The van der Waals surface area contributed by atoms with Gasteiger partial charge in [-0.2, -0.15) is 5.26 Å². The lowest BCUT2D eigenvalue weighted by Gasteiger charge is -2.24. The van der Waals surface area contributed by atoms with Crippen LogP contribution in [0, 0.1) is 11.3 Å². The minimum absolute atomic E-state index is 0.151. The number of halogens is 1. The van der Waals surface area contributed by atoms with E-state index in [9.17, 15) is 4.57 Å². The van der Waals surface area contributed by atoms with Crippen LogP contribution in [0.4, 0.5) is 0 Å². The van der Waals surface area contributed by atoms with Gasteiger partial charge in [0.25, 0.3) is 0 Å². The lowest BCUT2D eigenvalue weighted by Crippen LogP contribution is -2.22. The van der Waals surface area contributed by atoms with Crippen LogP contribution < -0.4 is 0 Å². The van der Waals surface area contributed by atoms with Crippen LogP contribution in [-0.2, 0) is 4.57 Å². The smallest absolute Gasteiger partial charge is 0.308 e. The molecule has 3 unspecified atom stereocenters. The zero-order valence-electron chi connectivity index (χ0n) is 8.38. The Morgan fingerprint density at radius 3 is 2.60 bits per heavy atom. The standard InChI is InChI=1S/C7H13ClNO2PS3/c1-3-6(15-12(10,11)13)14-7(2,4-8)5-9/h6H,3-4H2,1-2H3,(H2,10,11,13). The maximum Gasteiger partial charge on any atom is 0.308 e. The lowest BCUT2D eigenvalue weighted by atomic mass is 10.2. The molecule has 0 spiro atoms. The first kappa shape index (κ1) is 16.0. The van der Waals surface area contributed by atoms with Crippen LogP contribution in [0.5, 0.6) is 0 Å². The van der Waals surface area contributed by atoms with E-state index in [-0.39, 0.29) is 10.5 Å². The number of nitriles is 1. The van der Waals surface area contributed by atoms with Gasteiger partial charge in [-0.05, 0) is 24.7 Å². The van der Waals surface area contributed by atoms with E-state index in [4.69, 9.17) is 21.8 Å². The van der Waals surface area contributed by atoms with Crippen molar-refractivity contribution >= 4 is 52.8 Å². The maximum atomic E-state index is 11.1. The quantitative estimate of drug-likeness (QED) is 0.339. The van der Waals surface area contributed by atoms with Gasteiger partial charge in [0.2, 0.25) is 0 Å². The number of alkyl halides is 1. The van der Waals surface area contributed by atoms with Gasteiger partial charge >= 0.3 is 5.77 Å². The number of thioether (sulfide) groups is 1. The lowest BCUT2D eigenvalue weighted by molar-refractivity contribution is 0.514. The molecule has 0 saturated carbocycles. The summed E-state index contributed by atoms with van der Waals surface area (Å²) in [6.07, 6.45) is 0.675. The molecule has 0 aromatic rings. The van der Waals surface area contributed by atoms with E-state index in [1.54, 1.807) is 6.92 Å². The molecule has 0 aliphatic rings. The van der Waals surface area contributed by atoms with Crippen molar-refractivity contribution in [2.75, 3.05) is 5.88 Å². The van der Waals surface area contributed by atoms with Gasteiger partial charge in [0.05, 0.1) is 16.5 Å². The molecule has 3 atom stereocenters. The van der Waals surface area contributed by atoms with E-state index < -0.39 is 10.5 Å². The van der Waals surface area contributed by atoms with Crippen molar-refractivity contribution in [2.45, 2.75) is 29.6 Å². The zero-order valence-corrected chi connectivity index (χ0v) is 12.6. The Morgan fingerprint density at radius 1 is 1.80 bits per heavy atom. The molecule has 88 valence electrons. The third-order valence-corrected chi connectivity index (χ3v) is 7.80. The molecule has 0 bridgehead atoms. The van der Waals surface area contributed by atoms with Gasteiger partial charge in [-0.25, -0.2) is 0 Å². The average molecular weight is 306 g/mol. The summed E-state index contributed by atoms with van der Waals surface area (Å²) in [4.78, 5) is 9.11. The predicted octanol–water partition coefficient (Wildman–Crippen LogP) is 3.74. The third kappa shape index (κ3) is 7.04. The summed E-state index contributed by atoms with van der Waals surface area (Å²) in [6, 6.07) is 2.10. The number of thiol groups is 1. The molecule has 0 aliphatic carbocycles. The van der Waals surface area contributed by atoms with Crippen LogP contribution in [0.15, 0.2) is 0 Å². The fourth-order valence-corrected chi connectivity index (χ4v) is 7.49. The predicted molar refractivity (Wildman–Crippen MR) is 72.8 cm³/mol. The third-order valence-electron chi connectivity index (χ3n) is 1.47. The van der Waals surface area contributed by atoms with Crippen molar-refractivity contribution in [1.29, 1.82) is 5.26 Å². The highest BCUT2D eigenvalue weighted by molar-refractivity contribution is 8.85. The fourth-order valence-electron chi connectivity index (χ4n) is 0.710. The molecular weight excluding hydrogens is 293 g/mol. The molecule has 0 aromatic heterocycles. The molecular formula is C7H13ClNO2PS3. The van der Waals surface area contributed by atoms with Gasteiger partial charge in [-0.15, -0.1) is 23.4 Å². The number of nitrogens with zero attached hydrogens (tertiary/aromatic N) is 1. The van der Waals surface area contributed by atoms with E-state index in [1.165, 1.54) is 11.8 Å². The zero-order chi connectivity index (χ0) is 12.1. The Labute approximate surface area is 109 Å². The van der Waals surface area contributed by atoms with E-state index >= 15 is 0 Å². The van der Waals surface area contributed by atoms with Crippen molar-refractivity contribution in [3.63, 3.8) is 0 Å². The van der Waals surface area contributed by atoms with Crippen molar-refractivity contribution < 1.29 is 9.46 Å². The molecule has 0 heterocycles. The molecule has 0 rings (SSSR count). The second-order valence-corrected chi connectivity index (χ2v) is 11.6. The molecule has 0 amide bonds. The van der Waals surface area contributed by atoms with Crippen LogP contribution in [-0.4, -0.2) is 20.1 Å². The summed E-state index contributed by atoms with van der Waals surface area (Å²) in [5, 5.41) is 8.91. The van der Waals surface area contributed by atoms with Crippen LogP contribution in [0.1, 0.15) is 20.3 Å². The van der Waals surface area contributed by atoms with Crippen LogP contribution >= 0.6 is 52.8 Å². The topological polar surface area (TPSA) is 61.1 Å². The first-order valence-corrected chi connectivity index (χ1v) is 9.86. The molecule has 0 aliphatic heterocycles. The monoisotopic (exact) mass is 305 g/mol. The largest absolute Gasteiger partial charge is 0.329 e. The van der Waals surface area contributed by atoms with E-state index in [0.717, 1.165) is 11.4 Å². The van der Waals surface area contributed by atoms with Gasteiger partial charge in [0.1, 0.15) is 4.75 Å². The second kappa shape index (κ2) is 6.68. The summed E-state index contributed by atoms with van der Waals surface area (Å²) in [7, 11) is 0. The Hall–Kier alpha value is 1.02. The van der Waals surface area contributed by atoms with Gasteiger partial charge < -0.3 is 4.89 Å². The van der Waals surface area contributed by atoms with Crippen LogP contribution in [0.3, 0.4) is 0 Å². The second-order valence-electron chi connectivity index (χ2n) is 3.03. The van der Waals surface area contributed by atoms with Crippen molar-refractivity contribution in [1.82, 2.24) is 0 Å². The van der Waals surface area contributed by atoms with Gasteiger partial charge in [-0.1, -0.05) is 19.2 Å². The summed E-state index contributed by atoms with van der Waals surface area (Å²) in [5.74, 6) is -3.22. The summed E-state index contributed by atoms with van der Waals surface area (Å²) in [6.45, 7) is 3.61. The molecule has 0 saturated heterocycles. The number of hydrogen-bond acceptors (Lipinski definition) is 4. The Kier molecular flexibility index (Phi) is 7.14. The average Bonchev–Trinajstić information content (AvgIpc) is 2.14. The molecule has 0 aromatic carbocycles. The molecule has 0 radical (unpaired) electrons. The van der Waals surface area contributed by atoms with Crippen molar-refractivity contribution in [3.05, 3.63) is 0 Å². The van der Waals surface area contributed by atoms with Gasteiger partial charge in [0, 0.05) is 0 Å². The van der Waals surface area contributed by atoms with Gasteiger partial charge in [-0.3, -0.25) is 4.57 Å². The number of hydrogen-bond donors (Lipinski definition) is 2. The van der Waals surface area contributed by atoms with Crippen molar-refractivity contribution in [2.24, 2.45) is 0 Å². The Morgan fingerprint density at radius 2 is 2.33 bits per heavy atom. The molecule has 1 N–H and O–H groups in total. The molecule has 8 heteroatoms. The summed E-state index contributed by atoms with van der Waals surface area (Å²) >= 11 is 11.5. The SMILES string of the molecule is CCC(SC(C)(C#N)CCl)SP(=O)(O)S. The molecule has 0 fully saturated rings. The minimum atomic E-state index is -3.41. The van der Waals surface area contributed by atoms with E-state index in [1.807, 2.05) is 6.92 Å². The maximum absolute atomic E-state index is 11.1. The van der Waals surface area contributed by atoms with E-state index in [0.29, 0.717) is 6.42 Å². The fraction of sp³-hybridized carbons (Fsp3) is 0.857. The minimum Gasteiger partial charge on any atom is -0.329 e.